The number of sulfonamides is 1. The van der Waals surface area contributed by atoms with Gasteiger partial charge in [-0.25, -0.2) is 23.4 Å². The van der Waals surface area contributed by atoms with Crippen molar-refractivity contribution in [2.24, 2.45) is 5.73 Å². The molecule has 1 fully saturated rings. The van der Waals surface area contributed by atoms with Crippen LogP contribution in [0.15, 0.2) is 59.8 Å². The minimum absolute atomic E-state index is 0.0722. The molecule has 1 saturated heterocycles. The number of anilines is 3. The standard InChI is InChI=1S/C24H25N7O2S2/c25-18-9-11-31(12-10-18)35(32,33)20-6-4-19(5-7-20)29-24-27-14-17(15-28-24)2-1-16-3-8-21-22(13-16)34-23(26)30-21/h1-8,13-15,18H,9-12,25H2,(H2,26,30)(H,27,28,29). The smallest absolute Gasteiger partial charge is 0.243 e. The van der Waals surface area contributed by atoms with Crippen LogP contribution in [0.4, 0.5) is 16.8 Å². The number of nitrogens with zero attached hydrogens (tertiary/aromatic N) is 4. The van der Waals surface area contributed by atoms with Crippen molar-refractivity contribution in [3.8, 4) is 0 Å². The lowest BCUT2D eigenvalue weighted by Gasteiger charge is -2.29. The molecule has 0 saturated carbocycles. The Morgan fingerprint density at radius 1 is 1.00 bits per heavy atom. The number of benzene rings is 2. The normalized spacial score (nSPS) is 15.7. The SMILES string of the molecule is Nc1nc2ccc(C=Cc3cnc(Nc4ccc(S(=O)(=O)N5CCC(N)CC5)cc4)nc3)cc2s1. The summed E-state index contributed by atoms with van der Waals surface area (Å²) in [5.41, 5.74) is 15.1. The largest absolute Gasteiger partial charge is 0.375 e. The first-order chi connectivity index (χ1) is 16.9. The van der Waals surface area contributed by atoms with Gasteiger partial charge in [0.25, 0.3) is 0 Å². The number of nitrogens with one attached hydrogen (secondary N) is 1. The van der Waals surface area contributed by atoms with Crippen LogP contribution in [0.25, 0.3) is 22.4 Å². The van der Waals surface area contributed by atoms with Crippen LogP contribution in [0.2, 0.25) is 0 Å². The van der Waals surface area contributed by atoms with Crippen LogP contribution in [0.3, 0.4) is 0 Å². The van der Waals surface area contributed by atoms with Gasteiger partial charge in [-0.05, 0) is 54.8 Å². The zero-order chi connectivity index (χ0) is 24.4. The third kappa shape index (κ3) is 5.33. The first-order valence-corrected chi connectivity index (χ1v) is 13.4. The molecule has 0 radical (unpaired) electrons. The summed E-state index contributed by atoms with van der Waals surface area (Å²) in [5.74, 6) is 0.421. The van der Waals surface area contributed by atoms with E-state index in [4.69, 9.17) is 11.5 Å². The lowest BCUT2D eigenvalue weighted by Crippen LogP contribution is -2.42. The molecule has 0 amide bonds. The highest BCUT2D eigenvalue weighted by molar-refractivity contribution is 7.89. The fraction of sp³-hybridized carbons (Fsp3) is 0.208. The summed E-state index contributed by atoms with van der Waals surface area (Å²) in [4.78, 5) is 13.2. The van der Waals surface area contributed by atoms with E-state index in [0.717, 1.165) is 21.3 Å². The van der Waals surface area contributed by atoms with E-state index >= 15 is 0 Å². The lowest BCUT2D eigenvalue weighted by atomic mass is 10.1. The predicted octanol–water partition coefficient (Wildman–Crippen LogP) is 3.69. The summed E-state index contributed by atoms with van der Waals surface area (Å²) in [6.45, 7) is 0.902. The van der Waals surface area contributed by atoms with Crippen molar-refractivity contribution < 1.29 is 8.42 Å². The average molecular weight is 508 g/mol. The van der Waals surface area contributed by atoms with E-state index in [-0.39, 0.29) is 10.9 Å². The Morgan fingerprint density at radius 3 is 2.40 bits per heavy atom. The van der Waals surface area contributed by atoms with Crippen molar-refractivity contribution in [1.82, 2.24) is 19.3 Å². The number of hydrogen-bond donors (Lipinski definition) is 3. The Bertz CT molecular complexity index is 1460. The fourth-order valence-electron chi connectivity index (χ4n) is 3.85. The van der Waals surface area contributed by atoms with E-state index in [1.165, 1.54) is 15.6 Å². The molecule has 35 heavy (non-hydrogen) atoms. The fourth-order valence-corrected chi connectivity index (χ4v) is 6.10. The summed E-state index contributed by atoms with van der Waals surface area (Å²) in [5, 5.41) is 3.66. The monoisotopic (exact) mass is 507 g/mol. The van der Waals surface area contributed by atoms with Crippen LogP contribution in [0.1, 0.15) is 24.0 Å². The number of nitrogens with two attached hydrogens (primary N) is 2. The second-order valence-corrected chi connectivity index (χ2v) is 11.3. The number of hydrogen-bond acceptors (Lipinski definition) is 9. The van der Waals surface area contributed by atoms with E-state index < -0.39 is 10.0 Å². The van der Waals surface area contributed by atoms with Crippen molar-refractivity contribution in [1.29, 1.82) is 0 Å². The molecule has 11 heteroatoms. The maximum atomic E-state index is 12.9. The molecule has 5 rings (SSSR count). The molecule has 0 spiro atoms. The first kappa shape index (κ1) is 23.4. The lowest BCUT2D eigenvalue weighted by molar-refractivity contribution is 0.320. The molecule has 2 aromatic heterocycles. The molecule has 0 aliphatic carbocycles. The minimum atomic E-state index is -3.52. The molecule has 9 nitrogen and oxygen atoms in total. The molecule has 1 aliphatic heterocycles. The van der Waals surface area contributed by atoms with Crippen LogP contribution < -0.4 is 16.8 Å². The van der Waals surface area contributed by atoms with Crippen LogP contribution in [-0.4, -0.2) is 46.8 Å². The zero-order valence-corrected chi connectivity index (χ0v) is 20.5. The van der Waals surface area contributed by atoms with Gasteiger partial charge in [-0.3, -0.25) is 0 Å². The second-order valence-electron chi connectivity index (χ2n) is 8.34. The Labute approximate surface area is 207 Å². The highest BCUT2D eigenvalue weighted by atomic mass is 32.2. The van der Waals surface area contributed by atoms with Crippen molar-refractivity contribution in [3.63, 3.8) is 0 Å². The molecule has 0 atom stereocenters. The summed E-state index contributed by atoms with van der Waals surface area (Å²) < 4.78 is 28.3. The van der Waals surface area contributed by atoms with Crippen LogP contribution in [0.5, 0.6) is 0 Å². The second kappa shape index (κ2) is 9.70. The summed E-state index contributed by atoms with van der Waals surface area (Å²) >= 11 is 1.46. The molecule has 0 unspecified atom stereocenters. The Kier molecular flexibility index (Phi) is 6.48. The van der Waals surface area contributed by atoms with Crippen LogP contribution in [0, 0.1) is 0 Å². The van der Waals surface area contributed by atoms with E-state index in [9.17, 15) is 8.42 Å². The van der Waals surface area contributed by atoms with Crippen LogP contribution in [-0.2, 0) is 10.0 Å². The molecule has 5 N–H and O–H groups in total. The third-order valence-electron chi connectivity index (χ3n) is 5.82. The molecule has 3 heterocycles. The molecule has 1 aliphatic rings. The van der Waals surface area contributed by atoms with Crippen LogP contribution >= 0.6 is 11.3 Å². The van der Waals surface area contributed by atoms with Gasteiger partial charge < -0.3 is 16.8 Å². The summed E-state index contributed by atoms with van der Waals surface area (Å²) in [7, 11) is -3.52. The third-order valence-corrected chi connectivity index (χ3v) is 8.58. The Morgan fingerprint density at radius 2 is 1.69 bits per heavy atom. The molecule has 0 bridgehead atoms. The van der Waals surface area contributed by atoms with Gasteiger partial charge in [-0.15, -0.1) is 0 Å². The number of rotatable bonds is 6. The molecule has 2 aromatic carbocycles. The number of piperidine rings is 1. The average Bonchev–Trinajstić information content (AvgIpc) is 3.23. The van der Waals surface area contributed by atoms with Gasteiger partial charge in [0.1, 0.15) is 0 Å². The maximum Gasteiger partial charge on any atom is 0.243 e. The van der Waals surface area contributed by atoms with Gasteiger partial charge in [-0.2, -0.15) is 4.31 Å². The van der Waals surface area contributed by atoms with Crippen molar-refractivity contribution in [2.45, 2.75) is 23.8 Å². The van der Waals surface area contributed by atoms with E-state index in [1.807, 2.05) is 30.4 Å². The first-order valence-electron chi connectivity index (χ1n) is 11.2. The Hall–Kier alpha value is -3.38. The summed E-state index contributed by atoms with van der Waals surface area (Å²) in [6, 6.07) is 12.7. The quantitative estimate of drug-likeness (QED) is 0.359. The summed E-state index contributed by atoms with van der Waals surface area (Å²) in [6.07, 6.45) is 8.71. The molecule has 4 aromatic rings. The minimum Gasteiger partial charge on any atom is -0.375 e. The van der Waals surface area contributed by atoms with Gasteiger partial charge in [0, 0.05) is 42.8 Å². The van der Waals surface area contributed by atoms with Gasteiger partial charge >= 0.3 is 0 Å². The number of thiazole rings is 1. The van der Waals surface area contributed by atoms with Crippen molar-refractivity contribution >= 4 is 60.5 Å². The number of aromatic nitrogens is 3. The van der Waals surface area contributed by atoms with E-state index in [1.54, 1.807) is 36.7 Å². The van der Waals surface area contributed by atoms with E-state index in [0.29, 0.717) is 42.7 Å². The zero-order valence-electron chi connectivity index (χ0n) is 18.8. The maximum absolute atomic E-state index is 12.9. The number of nitrogen functional groups attached to an aromatic ring is 1. The molecule has 180 valence electrons. The predicted molar refractivity (Wildman–Crippen MR) is 141 cm³/mol. The number of fused-ring (bicyclic) bond motifs is 1. The highest BCUT2D eigenvalue weighted by Gasteiger charge is 2.28. The van der Waals surface area contributed by atoms with Gasteiger partial charge in [-0.1, -0.05) is 29.6 Å². The topological polar surface area (TPSA) is 140 Å². The Balaban J connectivity index is 1.22. The van der Waals surface area contributed by atoms with Gasteiger partial charge in [0.05, 0.1) is 15.1 Å². The van der Waals surface area contributed by atoms with Gasteiger partial charge in [0.2, 0.25) is 16.0 Å². The van der Waals surface area contributed by atoms with E-state index in [2.05, 4.69) is 20.3 Å². The highest BCUT2D eigenvalue weighted by Crippen LogP contribution is 2.26. The van der Waals surface area contributed by atoms with Crippen molar-refractivity contribution in [3.05, 3.63) is 66.0 Å². The molecular formula is C24H25N7O2S2. The van der Waals surface area contributed by atoms with Crippen molar-refractivity contribution in [2.75, 3.05) is 24.1 Å². The molecular weight excluding hydrogens is 482 g/mol. The van der Waals surface area contributed by atoms with Gasteiger partial charge in [0.15, 0.2) is 5.13 Å².